The molecule has 0 radical (unpaired) electrons. The molecule has 6 heteroatoms. The summed E-state index contributed by atoms with van der Waals surface area (Å²) in [4.78, 5) is 0. The zero-order chi connectivity index (χ0) is 14.9. The quantitative estimate of drug-likeness (QED) is 0.769. The highest BCUT2D eigenvalue weighted by Gasteiger charge is 2.19. The summed E-state index contributed by atoms with van der Waals surface area (Å²) in [5, 5.41) is 3.15. The first kappa shape index (κ1) is 15.4. The standard InChI is InChI=1S/C14H10BrClF3N/c1-20-14(7-2-8(17)4-9(18)3-7)10-5-12(16)11(15)6-13(10)19/h2-6,14,20H,1H3. The molecular weight excluding hydrogens is 355 g/mol. The first-order chi connectivity index (χ1) is 9.42. The van der Waals surface area contributed by atoms with Gasteiger partial charge in [-0.05, 0) is 52.8 Å². The van der Waals surface area contributed by atoms with Crippen LogP contribution < -0.4 is 5.32 Å². The van der Waals surface area contributed by atoms with Crippen molar-refractivity contribution in [2.75, 3.05) is 7.05 Å². The summed E-state index contributed by atoms with van der Waals surface area (Å²) in [5.41, 5.74) is 0.494. The highest BCUT2D eigenvalue weighted by atomic mass is 79.9. The maximum Gasteiger partial charge on any atom is 0.129 e. The largest absolute Gasteiger partial charge is 0.309 e. The van der Waals surface area contributed by atoms with Crippen molar-refractivity contribution in [3.05, 3.63) is 68.4 Å². The molecule has 0 aromatic heterocycles. The Balaban J connectivity index is 2.55. The van der Waals surface area contributed by atoms with Gasteiger partial charge in [-0.3, -0.25) is 0 Å². The number of rotatable bonds is 3. The van der Waals surface area contributed by atoms with E-state index in [1.54, 1.807) is 7.05 Å². The molecule has 1 unspecified atom stereocenters. The average Bonchev–Trinajstić information content (AvgIpc) is 2.35. The Hall–Kier alpha value is -1.04. The molecule has 0 heterocycles. The van der Waals surface area contributed by atoms with Gasteiger partial charge in [-0.15, -0.1) is 0 Å². The molecule has 0 aliphatic heterocycles. The summed E-state index contributed by atoms with van der Waals surface area (Å²) >= 11 is 9.07. The summed E-state index contributed by atoms with van der Waals surface area (Å²) in [5.74, 6) is -1.96. The molecule has 2 aromatic carbocycles. The van der Waals surface area contributed by atoms with Gasteiger partial charge < -0.3 is 5.32 Å². The van der Waals surface area contributed by atoms with Crippen molar-refractivity contribution in [3.8, 4) is 0 Å². The van der Waals surface area contributed by atoms with Crippen molar-refractivity contribution in [2.24, 2.45) is 0 Å². The van der Waals surface area contributed by atoms with Gasteiger partial charge in [0.15, 0.2) is 0 Å². The maximum atomic E-state index is 14.0. The normalized spacial score (nSPS) is 12.5. The Kier molecular flexibility index (Phi) is 4.73. The molecule has 1 N–H and O–H groups in total. The number of hydrogen-bond acceptors (Lipinski definition) is 1. The van der Waals surface area contributed by atoms with Gasteiger partial charge in [-0.25, -0.2) is 13.2 Å². The molecule has 0 saturated carbocycles. The van der Waals surface area contributed by atoms with Gasteiger partial charge in [0, 0.05) is 16.1 Å². The van der Waals surface area contributed by atoms with Crippen LogP contribution in [0.3, 0.4) is 0 Å². The number of nitrogens with one attached hydrogen (secondary N) is 1. The fourth-order valence-electron chi connectivity index (χ4n) is 2.00. The SMILES string of the molecule is CNC(c1cc(F)cc(F)c1)c1cc(Cl)c(Br)cc1F. The van der Waals surface area contributed by atoms with Gasteiger partial charge in [0.1, 0.15) is 17.5 Å². The second-order valence-corrected chi connectivity index (χ2v) is 5.47. The third-order valence-corrected chi connectivity index (χ3v) is 4.05. The minimum absolute atomic E-state index is 0.214. The van der Waals surface area contributed by atoms with Gasteiger partial charge in [-0.2, -0.15) is 0 Å². The highest BCUT2D eigenvalue weighted by Crippen LogP contribution is 2.32. The molecule has 0 fully saturated rings. The van der Waals surface area contributed by atoms with E-state index in [-0.39, 0.29) is 11.1 Å². The molecule has 1 nitrogen and oxygen atoms in total. The van der Waals surface area contributed by atoms with E-state index in [4.69, 9.17) is 11.6 Å². The highest BCUT2D eigenvalue weighted by molar-refractivity contribution is 9.10. The van der Waals surface area contributed by atoms with E-state index < -0.39 is 23.5 Å². The second kappa shape index (κ2) is 6.16. The third kappa shape index (κ3) is 3.16. The van der Waals surface area contributed by atoms with Crippen molar-refractivity contribution < 1.29 is 13.2 Å². The van der Waals surface area contributed by atoms with Crippen molar-refractivity contribution in [1.82, 2.24) is 5.32 Å². The monoisotopic (exact) mass is 363 g/mol. The number of benzene rings is 2. The van der Waals surface area contributed by atoms with E-state index in [1.165, 1.54) is 12.1 Å². The third-order valence-electron chi connectivity index (χ3n) is 2.86. The average molecular weight is 365 g/mol. The van der Waals surface area contributed by atoms with Crippen molar-refractivity contribution in [2.45, 2.75) is 6.04 Å². The van der Waals surface area contributed by atoms with Crippen LogP contribution in [0.4, 0.5) is 13.2 Å². The van der Waals surface area contributed by atoms with E-state index in [9.17, 15) is 13.2 Å². The molecule has 0 spiro atoms. The van der Waals surface area contributed by atoms with Crippen LogP contribution in [0.1, 0.15) is 17.2 Å². The molecule has 2 rings (SSSR count). The van der Waals surface area contributed by atoms with E-state index in [0.717, 1.165) is 18.2 Å². The van der Waals surface area contributed by atoms with Crippen LogP contribution in [0.2, 0.25) is 5.02 Å². The van der Waals surface area contributed by atoms with Crippen LogP contribution >= 0.6 is 27.5 Å². The summed E-state index contributed by atoms with van der Waals surface area (Å²) in [6.07, 6.45) is 0. The molecule has 1 atom stereocenters. The van der Waals surface area contributed by atoms with E-state index >= 15 is 0 Å². The van der Waals surface area contributed by atoms with Gasteiger partial charge in [0.05, 0.1) is 11.1 Å². The van der Waals surface area contributed by atoms with E-state index in [0.29, 0.717) is 9.50 Å². The van der Waals surface area contributed by atoms with Crippen LogP contribution in [0.15, 0.2) is 34.8 Å². The Morgan fingerprint density at radius 3 is 2.20 bits per heavy atom. The van der Waals surface area contributed by atoms with Gasteiger partial charge in [-0.1, -0.05) is 11.6 Å². The first-order valence-electron chi connectivity index (χ1n) is 5.70. The Morgan fingerprint density at radius 2 is 1.65 bits per heavy atom. The fourth-order valence-corrected chi connectivity index (χ4v) is 2.49. The van der Waals surface area contributed by atoms with Crippen molar-refractivity contribution in [3.63, 3.8) is 0 Å². The lowest BCUT2D eigenvalue weighted by Gasteiger charge is -2.19. The van der Waals surface area contributed by atoms with Crippen molar-refractivity contribution in [1.29, 1.82) is 0 Å². The Bertz CT molecular complexity index is 628. The minimum Gasteiger partial charge on any atom is -0.309 e. The Labute approximate surface area is 127 Å². The van der Waals surface area contributed by atoms with Gasteiger partial charge in [0.2, 0.25) is 0 Å². The molecule has 2 aromatic rings. The topological polar surface area (TPSA) is 12.0 Å². The molecule has 0 aliphatic carbocycles. The first-order valence-corrected chi connectivity index (χ1v) is 6.87. The fraction of sp³-hybridized carbons (Fsp3) is 0.143. The molecule has 20 heavy (non-hydrogen) atoms. The number of halogens is 5. The molecule has 0 bridgehead atoms. The summed E-state index contributed by atoms with van der Waals surface area (Å²) in [7, 11) is 1.57. The molecular formula is C14H10BrClF3N. The predicted octanol–water partition coefficient (Wildman–Crippen LogP) is 4.83. The lowest BCUT2D eigenvalue weighted by molar-refractivity contribution is 0.556. The van der Waals surface area contributed by atoms with Gasteiger partial charge in [0.25, 0.3) is 0 Å². The van der Waals surface area contributed by atoms with E-state index in [2.05, 4.69) is 21.2 Å². The summed E-state index contributed by atoms with van der Waals surface area (Å²) in [6.45, 7) is 0. The molecule has 0 saturated heterocycles. The maximum absolute atomic E-state index is 14.0. The smallest absolute Gasteiger partial charge is 0.129 e. The zero-order valence-corrected chi connectivity index (χ0v) is 12.7. The van der Waals surface area contributed by atoms with E-state index in [1.807, 2.05) is 0 Å². The second-order valence-electron chi connectivity index (χ2n) is 4.21. The summed E-state index contributed by atoms with van der Waals surface area (Å²) in [6, 6.07) is 5.01. The molecule has 106 valence electrons. The van der Waals surface area contributed by atoms with Crippen molar-refractivity contribution >= 4 is 27.5 Å². The van der Waals surface area contributed by atoms with Gasteiger partial charge >= 0.3 is 0 Å². The van der Waals surface area contributed by atoms with Crippen LogP contribution in [0, 0.1) is 17.5 Å². The summed E-state index contributed by atoms with van der Waals surface area (Å²) < 4.78 is 41.0. The Morgan fingerprint density at radius 1 is 1.05 bits per heavy atom. The molecule has 0 amide bonds. The number of hydrogen-bond donors (Lipinski definition) is 1. The van der Waals surface area contributed by atoms with Crippen LogP contribution in [0.5, 0.6) is 0 Å². The zero-order valence-electron chi connectivity index (χ0n) is 10.4. The predicted molar refractivity (Wildman–Crippen MR) is 76.4 cm³/mol. The van der Waals surface area contributed by atoms with Crippen LogP contribution in [0.25, 0.3) is 0 Å². The minimum atomic E-state index is -0.719. The van der Waals surface area contributed by atoms with Crippen LogP contribution in [-0.4, -0.2) is 7.05 Å². The lowest BCUT2D eigenvalue weighted by Crippen LogP contribution is -2.19. The van der Waals surface area contributed by atoms with Crippen LogP contribution in [-0.2, 0) is 0 Å². The lowest BCUT2D eigenvalue weighted by atomic mass is 9.98. The molecule has 0 aliphatic rings.